The monoisotopic (exact) mass is 421 g/mol. The molecule has 1 aliphatic heterocycles. The van der Waals surface area contributed by atoms with Gasteiger partial charge in [0, 0.05) is 25.2 Å². The number of aryl methyl sites for hydroxylation is 1. The van der Waals surface area contributed by atoms with E-state index in [4.69, 9.17) is 16.2 Å². The van der Waals surface area contributed by atoms with Crippen molar-refractivity contribution >= 4 is 6.29 Å². The number of aldehydes is 1. The summed E-state index contributed by atoms with van der Waals surface area (Å²) in [6, 6.07) is 3.93. The van der Waals surface area contributed by atoms with Crippen molar-refractivity contribution in [1.82, 2.24) is 4.90 Å². The molecule has 6 nitrogen and oxygen atoms in total. The number of benzene rings is 1. The maximum absolute atomic E-state index is 11.3. The lowest BCUT2D eigenvalue weighted by Gasteiger charge is -2.27. The Hall–Kier alpha value is -1.47. The van der Waals surface area contributed by atoms with E-state index in [0.29, 0.717) is 12.1 Å². The molecule has 0 bridgehead atoms. The van der Waals surface area contributed by atoms with Crippen LogP contribution >= 0.6 is 0 Å². The van der Waals surface area contributed by atoms with E-state index in [0.717, 1.165) is 63.0 Å². The highest BCUT2D eigenvalue weighted by Crippen LogP contribution is 2.26. The van der Waals surface area contributed by atoms with Crippen molar-refractivity contribution in [2.24, 2.45) is 11.5 Å². The van der Waals surface area contributed by atoms with Crippen LogP contribution in [0.2, 0.25) is 0 Å². The lowest BCUT2D eigenvalue weighted by atomic mass is 9.99. The highest BCUT2D eigenvalue weighted by atomic mass is 16.5. The summed E-state index contributed by atoms with van der Waals surface area (Å²) in [5, 5.41) is 10.3. The molecule has 5 N–H and O–H groups in total. The van der Waals surface area contributed by atoms with Crippen LogP contribution in [-0.4, -0.2) is 48.8 Å². The first-order valence-electron chi connectivity index (χ1n) is 11.6. The van der Waals surface area contributed by atoms with Gasteiger partial charge in [-0.05, 0) is 30.9 Å². The number of hydrogen-bond donors (Lipinski definition) is 3. The van der Waals surface area contributed by atoms with Gasteiger partial charge in [-0.15, -0.1) is 0 Å². The molecule has 0 amide bonds. The van der Waals surface area contributed by atoms with Gasteiger partial charge in [-0.2, -0.15) is 0 Å². The van der Waals surface area contributed by atoms with Crippen LogP contribution < -0.4 is 11.5 Å². The van der Waals surface area contributed by atoms with Crippen molar-refractivity contribution in [2.75, 3.05) is 26.3 Å². The van der Waals surface area contributed by atoms with E-state index >= 15 is 0 Å². The van der Waals surface area contributed by atoms with E-state index < -0.39 is 0 Å². The van der Waals surface area contributed by atoms with E-state index in [1.807, 2.05) is 13.0 Å². The molecule has 172 valence electrons. The van der Waals surface area contributed by atoms with Crippen LogP contribution in [0.4, 0.5) is 0 Å². The van der Waals surface area contributed by atoms with E-state index in [1.54, 1.807) is 0 Å². The number of phenolic OH excluding ortho intramolecular Hbond substituents is 1. The fourth-order valence-electron chi connectivity index (χ4n) is 3.43. The lowest BCUT2D eigenvalue weighted by molar-refractivity contribution is 0.0338. The molecule has 1 heterocycles. The average molecular weight is 422 g/mol. The third kappa shape index (κ3) is 11.1. The van der Waals surface area contributed by atoms with Gasteiger partial charge in [-0.25, -0.2) is 0 Å². The van der Waals surface area contributed by atoms with Gasteiger partial charge in [-0.1, -0.05) is 58.4 Å². The Kier molecular flexibility index (Phi) is 14.4. The molecular weight excluding hydrogens is 378 g/mol. The van der Waals surface area contributed by atoms with Gasteiger partial charge < -0.3 is 21.3 Å². The summed E-state index contributed by atoms with van der Waals surface area (Å²) in [4.78, 5) is 13.6. The van der Waals surface area contributed by atoms with Gasteiger partial charge in [0.25, 0.3) is 0 Å². The number of phenols is 1. The fourth-order valence-corrected chi connectivity index (χ4v) is 3.43. The highest BCUT2D eigenvalue weighted by molar-refractivity contribution is 5.80. The summed E-state index contributed by atoms with van der Waals surface area (Å²) >= 11 is 0. The second-order valence-electron chi connectivity index (χ2n) is 8.14. The molecule has 30 heavy (non-hydrogen) atoms. The Morgan fingerprint density at radius 3 is 2.23 bits per heavy atom. The summed E-state index contributed by atoms with van der Waals surface area (Å²) in [6.45, 7) is 8.09. The molecule has 1 aliphatic rings. The molecule has 6 heteroatoms. The van der Waals surface area contributed by atoms with E-state index in [1.165, 1.54) is 38.5 Å². The van der Waals surface area contributed by atoms with E-state index in [2.05, 4.69) is 17.9 Å². The standard InChI is InChI=1S/C21H33NO3.C3H10N2/c1-2-3-4-5-6-7-8-9-18-14-19(21(24)20(15-18)17-23)16-22-10-12-25-13-11-22;1-2-3(4)5/h14-15,17,24H,2-13,16H2,1H3;3H,2,4-5H2,1H3. The van der Waals surface area contributed by atoms with Crippen molar-refractivity contribution in [3.8, 4) is 5.75 Å². The van der Waals surface area contributed by atoms with Crippen LogP contribution in [0.1, 0.15) is 86.7 Å². The van der Waals surface area contributed by atoms with Gasteiger partial charge in [0.2, 0.25) is 0 Å². The highest BCUT2D eigenvalue weighted by Gasteiger charge is 2.15. The zero-order valence-electron chi connectivity index (χ0n) is 19.1. The number of morpholine rings is 1. The molecule has 0 atom stereocenters. The van der Waals surface area contributed by atoms with Gasteiger partial charge >= 0.3 is 0 Å². The van der Waals surface area contributed by atoms with E-state index in [9.17, 15) is 9.90 Å². The average Bonchev–Trinajstić information content (AvgIpc) is 2.76. The zero-order chi connectivity index (χ0) is 22.2. The number of carbonyl (C=O) groups excluding carboxylic acids is 1. The Morgan fingerprint density at radius 2 is 1.67 bits per heavy atom. The maximum Gasteiger partial charge on any atom is 0.153 e. The first kappa shape index (κ1) is 26.6. The van der Waals surface area contributed by atoms with Gasteiger partial charge in [0.1, 0.15) is 5.75 Å². The molecule has 0 aliphatic carbocycles. The number of unbranched alkanes of at least 4 members (excludes halogenated alkanes) is 6. The molecule has 0 saturated carbocycles. The second kappa shape index (κ2) is 16.3. The van der Waals surface area contributed by atoms with Crippen molar-refractivity contribution in [3.05, 3.63) is 28.8 Å². The minimum Gasteiger partial charge on any atom is -0.507 e. The van der Waals surface area contributed by atoms with Gasteiger partial charge in [-0.3, -0.25) is 9.69 Å². The molecule has 0 aromatic heterocycles. The second-order valence-corrected chi connectivity index (χ2v) is 8.14. The van der Waals surface area contributed by atoms with Gasteiger partial charge in [0.05, 0.1) is 24.9 Å². The van der Waals surface area contributed by atoms with Crippen molar-refractivity contribution in [1.29, 1.82) is 0 Å². The molecule has 2 rings (SSSR count). The largest absolute Gasteiger partial charge is 0.507 e. The molecule has 1 aromatic rings. The summed E-state index contributed by atoms with van der Waals surface area (Å²) in [7, 11) is 0. The number of nitrogens with two attached hydrogens (primary N) is 2. The first-order chi connectivity index (χ1) is 14.5. The Bertz CT molecular complexity index is 587. The van der Waals surface area contributed by atoms with Crippen molar-refractivity contribution in [2.45, 2.75) is 84.3 Å². The fraction of sp³-hybridized carbons (Fsp3) is 0.708. The molecule has 1 saturated heterocycles. The lowest BCUT2D eigenvalue weighted by Crippen LogP contribution is -2.35. The number of aromatic hydroxyl groups is 1. The number of hydrogen-bond acceptors (Lipinski definition) is 6. The third-order valence-electron chi connectivity index (χ3n) is 5.44. The smallest absolute Gasteiger partial charge is 0.153 e. The number of ether oxygens (including phenoxy) is 1. The number of carbonyl (C=O) groups is 1. The summed E-state index contributed by atoms with van der Waals surface area (Å²) in [5.74, 6) is 0.143. The Balaban J connectivity index is 0.000000804. The molecule has 1 fully saturated rings. The maximum atomic E-state index is 11.3. The van der Waals surface area contributed by atoms with Crippen LogP contribution in [0.3, 0.4) is 0 Å². The van der Waals surface area contributed by atoms with Gasteiger partial charge in [0.15, 0.2) is 6.29 Å². The molecule has 1 aromatic carbocycles. The Morgan fingerprint density at radius 1 is 1.07 bits per heavy atom. The van der Waals surface area contributed by atoms with Crippen LogP contribution in [0.15, 0.2) is 12.1 Å². The quantitative estimate of drug-likeness (QED) is 0.268. The van der Waals surface area contributed by atoms with Crippen molar-refractivity contribution < 1.29 is 14.6 Å². The van der Waals surface area contributed by atoms with Crippen LogP contribution in [0, 0.1) is 0 Å². The molecular formula is C24H43N3O3. The SMILES string of the molecule is CCC(N)N.CCCCCCCCCc1cc(C=O)c(O)c(CN2CCOCC2)c1. The topological polar surface area (TPSA) is 102 Å². The van der Waals surface area contributed by atoms with E-state index in [-0.39, 0.29) is 11.9 Å². The van der Waals surface area contributed by atoms with Crippen LogP contribution in [0.25, 0.3) is 0 Å². The molecule has 0 spiro atoms. The minimum absolute atomic E-state index is 0.116. The third-order valence-corrected chi connectivity index (χ3v) is 5.44. The van der Waals surface area contributed by atoms with Crippen molar-refractivity contribution in [3.63, 3.8) is 0 Å². The summed E-state index contributed by atoms with van der Waals surface area (Å²) < 4.78 is 5.38. The summed E-state index contributed by atoms with van der Waals surface area (Å²) in [6.07, 6.45) is 11.5. The van der Waals surface area contributed by atoms with Crippen LogP contribution in [0.5, 0.6) is 5.75 Å². The zero-order valence-corrected chi connectivity index (χ0v) is 19.1. The Labute approximate surface area is 183 Å². The predicted molar refractivity (Wildman–Crippen MR) is 124 cm³/mol. The number of nitrogens with zero attached hydrogens (tertiary/aromatic N) is 1. The normalized spacial score (nSPS) is 14.4. The summed E-state index contributed by atoms with van der Waals surface area (Å²) in [5.41, 5.74) is 12.6. The minimum atomic E-state index is -0.116. The first-order valence-corrected chi connectivity index (χ1v) is 11.6. The molecule has 0 radical (unpaired) electrons. The predicted octanol–water partition coefficient (Wildman–Crippen LogP) is 3.97. The van der Waals surface area contributed by atoms with Crippen LogP contribution in [-0.2, 0) is 17.7 Å². The number of rotatable bonds is 12. The molecule has 0 unspecified atom stereocenters.